The summed E-state index contributed by atoms with van der Waals surface area (Å²) in [4.78, 5) is 0. The van der Waals surface area contributed by atoms with E-state index in [4.69, 9.17) is 28.6 Å². The topological polar surface area (TPSA) is 33.3 Å². The van der Waals surface area contributed by atoms with Gasteiger partial charge >= 0.3 is 0 Å². The van der Waals surface area contributed by atoms with Crippen LogP contribution in [0, 0.1) is 0 Å². The van der Waals surface area contributed by atoms with Crippen LogP contribution in [0.15, 0.2) is 48.5 Å². The molecule has 0 spiro atoms. The molecule has 2 rings (SSSR count). The van der Waals surface area contributed by atoms with E-state index in [1.54, 1.807) is 7.11 Å². The van der Waals surface area contributed by atoms with Crippen LogP contribution in [-0.4, -0.2) is 18.8 Å². The van der Waals surface area contributed by atoms with Crippen LogP contribution in [0.25, 0.3) is 0 Å². The van der Waals surface area contributed by atoms with Crippen molar-refractivity contribution < 1.29 is 4.74 Å². The van der Waals surface area contributed by atoms with E-state index in [0.29, 0.717) is 10.1 Å². The predicted octanol–water partition coefficient (Wildman–Crippen LogP) is 3.88. The minimum absolute atomic E-state index is 0.554. The first-order valence-corrected chi connectivity index (χ1v) is 7.40. The molecular formula is C16H17ClN2OS. The number of halogens is 1. The van der Waals surface area contributed by atoms with Gasteiger partial charge in [-0.1, -0.05) is 41.9 Å². The minimum atomic E-state index is 0.554. The number of hydrogen-bond donors (Lipinski definition) is 2. The average molecular weight is 321 g/mol. The summed E-state index contributed by atoms with van der Waals surface area (Å²) in [5.74, 6) is 0.893. The van der Waals surface area contributed by atoms with Crippen molar-refractivity contribution in [1.82, 2.24) is 5.32 Å². The number of para-hydroxylation sites is 2. The predicted molar refractivity (Wildman–Crippen MR) is 92.4 cm³/mol. The molecule has 0 aliphatic carbocycles. The van der Waals surface area contributed by atoms with Crippen LogP contribution in [0.5, 0.6) is 5.75 Å². The highest BCUT2D eigenvalue weighted by Gasteiger charge is 2.03. The van der Waals surface area contributed by atoms with Gasteiger partial charge in [0.1, 0.15) is 5.75 Å². The van der Waals surface area contributed by atoms with Crippen molar-refractivity contribution in [2.75, 3.05) is 19.0 Å². The Hall–Kier alpha value is -1.78. The fourth-order valence-corrected chi connectivity index (χ4v) is 2.34. The van der Waals surface area contributed by atoms with E-state index < -0.39 is 0 Å². The number of ether oxygens (including phenoxy) is 1. The van der Waals surface area contributed by atoms with Crippen molar-refractivity contribution in [2.24, 2.45) is 0 Å². The smallest absolute Gasteiger partial charge is 0.170 e. The third-order valence-electron chi connectivity index (χ3n) is 2.99. The van der Waals surface area contributed by atoms with Crippen LogP contribution >= 0.6 is 23.8 Å². The minimum Gasteiger partial charge on any atom is -0.496 e. The van der Waals surface area contributed by atoms with Crippen molar-refractivity contribution in [3.63, 3.8) is 0 Å². The number of benzene rings is 2. The third kappa shape index (κ3) is 4.62. The molecule has 3 nitrogen and oxygen atoms in total. The quantitative estimate of drug-likeness (QED) is 0.819. The van der Waals surface area contributed by atoms with Gasteiger partial charge in [0.25, 0.3) is 0 Å². The first-order chi connectivity index (χ1) is 10.2. The summed E-state index contributed by atoms with van der Waals surface area (Å²) >= 11 is 11.3. The molecule has 0 aliphatic heterocycles. The molecule has 0 saturated carbocycles. The van der Waals surface area contributed by atoms with Crippen molar-refractivity contribution in [1.29, 1.82) is 0 Å². The Morgan fingerprint density at radius 1 is 1.14 bits per heavy atom. The zero-order valence-corrected chi connectivity index (χ0v) is 13.3. The van der Waals surface area contributed by atoms with Gasteiger partial charge in [-0.3, -0.25) is 0 Å². The zero-order valence-electron chi connectivity index (χ0n) is 11.7. The summed E-state index contributed by atoms with van der Waals surface area (Å²) in [5, 5.41) is 7.44. The van der Waals surface area contributed by atoms with Gasteiger partial charge in [-0.25, -0.2) is 0 Å². The van der Waals surface area contributed by atoms with Gasteiger partial charge in [-0.05, 0) is 42.4 Å². The van der Waals surface area contributed by atoms with Crippen LogP contribution in [0.3, 0.4) is 0 Å². The number of rotatable bonds is 5. The molecule has 0 aromatic heterocycles. The van der Waals surface area contributed by atoms with Crippen molar-refractivity contribution in [3.05, 3.63) is 59.1 Å². The van der Waals surface area contributed by atoms with Crippen LogP contribution in [-0.2, 0) is 6.42 Å². The van der Waals surface area contributed by atoms with Crippen LogP contribution in [0.1, 0.15) is 5.56 Å². The van der Waals surface area contributed by atoms with Gasteiger partial charge in [-0.2, -0.15) is 0 Å². The lowest BCUT2D eigenvalue weighted by Crippen LogP contribution is -2.30. The third-order valence-corrected chi connectivity index (χ3v) is 3.57. The standard InChI is InChI=1S/C16H17ClN2OS/c1-20-15-9-5-2-6-12(15)10-11-18-16(21)19-14-8-4-3-7-13(14)17/h2-9H,10-11H2,1H3,(H2,18,19,21). The summed E-state index contributed by atoms with van der Waals surface area (Å²) in [6.07, 6.45) is 0.828. The lowest BCUT2D eigenvalue weighted by Gasteiger charge is -2.12. The molecular weight excluding hydrogens is 304 g/mol. The van der Waals surface area contributed by atoms with Gasteiger partial charge in [0.05, 0.1) is 17.8 Å². The van der Waals surface area contributed by atoms with E-state index in [9.17, 15) is 0 Å². The van der Waals surface area contributed by atoms with Crippen molar-refractivity contribution in [2.45, 2.75) is 6.42 Å². The molecule has 0 atom stereocenters. The lowest BCUT2D eigenvalue weighted by molar-refractivity contribution is 0.409. The van der Waals surface area contributed by atoms with Crippen LogP contribution in [0.2, 0.25) is 5.02 Å². The number of methoxy groups -OCH3 is 1. The van der Waals surface area contributed by atoms with Gasteiger partial charge < -0.3 is 15.4 Å². The van der Waals surface area contributed by atoms with E-state index in [1.807, 2.05) is 48.5 Å². The number of thiocarbonyl (C=S) groups is 1. The summed E-state index contributed by atoms with van der Waals surface area (Å²) in [5.41, 5.74) is 1.95. The first-order valence-electron chi connectivity index (χ1n) is 6.62. The number of anilines is 1. The van der Waals surface area contributed by atoms with Crippen LogP contribution in [0.4, 0.5) is 5.69 Å². The largest absolute Gasteiger partial charge is 0.496 e. The highest BCUT2D eigenvalue weighted by atomic mass is 35.5. The second-order valence-electron chi connectivity index (χ2n) is 4.42. The molecule has 0 fully saturated rings. The normalized spacial score (nSPS) is 10.0. The zero-order chi connectivity index (χ0) is 15.1. The highest BCUT2D eigenvalue weighted by molar-refractivity contribution is 7.80. The highest BCUT2D eigenvalue weighted by Crippen LogP contribution is 2.20. The molecule has 0 radical (unpaired) electrons. The lowest BCUT2D eigenvalue weighted by atomic mass is 10.1. The molecule has 5 heteroatoms. The molecule has 2 aromatic rings. The van der Waals surface area contributed by atoms with E-state index in [0.717, 1.165) is 30.0 Å². The van der Waals surface area contributed by atoms with Gasteiger partial charge in [0.2, 0.25) is 0 Å². The summed E-state index contributed by atoms with van der Waals surface area (Å²) in [6.45, 7) is 0.719. The number of hydrogen-bond acceptors (Lipinski definition) is 2. The Labute approximate surface area is 135 Å². The van der Waals surface area contributed by atoms with E-state index in [2.05, 4.69) is 10.6 Å². The summed E-state index contributed by atoms with van der Waals surface area (Å²) in [6, 6.07) is 15.5. The van der Waals surface area contributed by atoms with Crippen LogP contribution < -0.4 is 15.4 Å². The van der Waals surface area contributed by atoms with E-state index in [1.165, 1.54) is 0 Å². The molecule has 0 saturated heterocycles. The Morgan fingerprint density at radius 3 is 2.62 bits per heavy atom. The Kier molecular flexibility index (Phi) is 5.84. The second-order valence-corrected chi connectivity index (χ2v) is 5.24. The SMILES string of the molecule is COc1ccccc1CCNC(=S)Nc1ccccc1Cl. The fraction of sp³-hybridized carbons (Fsp3) is 0.188. The van der Waals surface area contributed by atoms with E-state index >= 15 is 0 Å². The molecule has 0 unspecified atom stereocenters. The average Bonchev–Trinajstić information content (AvgIpc) is 2.50. The monoisotopic (exact) mass is 320 g/mol. The first kappa shape index (κ1) is 15.6. The molecule has 21 heavy (non-hydrogen) atoms. The van der Waals surface area contributed by atoms with Gasteiger partial charge in [0.15, 0.2) is 5.11 Å². The molecule has 0 heterocycles. The van der Waals surface area contributed by atoms with Gasteiger partial charge in [-0.15, -0.1) is 0 Å². The molecule has 2 N–H and O–H groups in total. The molecule has 110 valence electrons. The molecule has 0 amide bonds. The molecule has 0 aliphatic rings. The fourth-order valence-electron chi connectivity index (χ4n) is 1.95. The van der Waals surface area contributed by atoms with E-state index in [-0.39, 0.29) is 0 Å². The number of nitrogens with one attached hydrogen (secondary N) is 2. The summed E-state index contributed by atoms with van der Waals surface area (Å²) in [7, 11) is 1.68. The maximum Gasteiger partial charge on any atom is 0.170 e. The molecule has 2 aromatic carbocycles. The molecule has 0 bridgehead atoms. The van der Waals surface area contributed by atoms with Gasteiger partial charge in [0, 0.05) is 6.54 Å². The Morgan fingerprint density at radius 2 is 1.86 bits per heavy atom. The van der Waals surface area contributed by atoms with Crippen molar-refractivity contribution >= 4 is 34.6 Å². The second kappa shape index (κ2) is 7.86. The Bertz CT molecular complexity index is 619. The Balaban J connectivity index is 1.83. The maximum atomic E-state index is 6.07. The summed E-state index contributed by atoms with van der Waals surface area (Å²) < 4.78 is 5.32. The maximum absolute atomic E-state index is 6.07. The van der Waals surface area contributed by atoms with Crippen molar-refractivity contribution in [3.8, 4) is 5.75 Å².